The summed E-state index contributed by atoms with van der Waals surface area (Å²) in [5, 5.41) is 0.877. The Morgan fingerprint density at radius 2 is 2.18 bits per heavy atom. The molecule has 1 saturated heterocycles. The minimum absolute atomic E-state index is 0.582. The van der Waals surface area contributed by atoms with Gasteiger partial charge >= 0.3 is 0 Å². The molecule has 1 aromatic heterocycles. The Bertz CT molecular complexity index is 380. The van der Waals surface area contributed by atoms with Crippen molar-refractivity contribution in [3.05, 3.63) is 23.9 Å². The van der Waals surface area contributed by atoms with E-state index in [2.05, 4.69) is 52.7 Å². The molecule has 2 heterocycles. The van der Waals surface area contributed by atoms with Crippen molar-refractivity contribution in [2.45, 2.75) is 38.6 Å². The predicted octanol–water partition coefficient (Wildman–Crippen LogP) is 3.85. The van der Waals surface area contributed by atoms with Gasteiger partial charge in [-0.3, -0.25) is 0 Å². The molecule has 0 bridgehead atoms. The molecule has 0 saturated carbocycles. The molecular weight excluding hydrogens is 276 g/mol. The highest BCUT2D eigenvalue weighted by Crippen LogP contribution is 2.32. The molecule has 94 valence electrons. The van der Waals surface area contributed by atoms with Crippen LogP contribution in [0.15, 0.2) is 18.3 Å². The second kappa shape index (κ2) is 5.38. The van der Waals surface area contributed by atoms with Crippen molar-refractivity contribution in [2.75, 3.05) is 11.4 Å². The molecule has 0 spiro atoms. The van der Waals surface area contributed by atoms with E-state index in [0.29, 0.717) is 6.04 Å². The van der Waals surface area contributed by atoms with Crippen molar-refractivity contribution in [1.29, 1.82) is 0 Å². The first-order valence-electron chi connectivity index (χ1n) is 6.40. The second-order valence-electron chi connectivity index (χ2n) is 5.33. The zero-order valence-corrected chi connectivity index (χ0v) is 12.4. The van der Waals surface area contributed by atoms with E-state index in [1.54, 1.807) is 0 Å². The highest BCUT2D eigenvalue weighted by atomic mass is 79.9. The van der Waals surface area contributed by atoms with Crippen LogP contribution in [0, 0.1) is 11.8 Å². The number of hydrogen-bond donors (Lipinski definition) is 0. The van der Waals surface area contributed by atoms with Gasteiger partial charge in [0.25, 0.3) is 0 Å². The lowest BCUT2D eigenvalue weighted by Gasteiger charge is -2.42. The molecule has 17 heavy (non-hydrogen) atoms. The van der Waals surface area contributed by atoms with Crippen molar-refractivity contribution in [3.63, 3.8) is 0 Å². The van der Waals surface area contributed by atoms with E-state index in [1.807, 2.05) is 12.3 Å². The van der Waals surface area contributed by atoms with Gasteiger partial charge in [-0.1, -0.05) is 35.8 Å². The van der Waals surface area contributed by atoms with Gasteiger partial charge in [-0.05, 0) is 31.2 Å². The van der Waals surface area contributed by atoms with Crippen LogP contribution in [0.5, 0.6) is 0 Å². The van der Waals surface area contributed by atoms with Gasteiger partial charge in [0, 0.05) is 29.7 Å². The molecule has 1 aromatic rings. The lowest BCUT2D eigenvalue weighted by atomic mass is 9.86. The summed E-state index contributed by atoms with van der Waals surface area (Å²) in [6.45, 7) is 8.14. The first kappa shape index (κ1) is 12.9. The number of rotatable bonds is 2. The van der Waals surface area contributed by atoms with Crippen LogP contribution in [-0.2, 0) is 5.33 Å². The van der Waals surface area contributed by atoms with Gasteiger partial charge < -0.3 is 4.90 Å². The number of pyridine rings is 1. The van der Waals surface area contributed by atoms with Gasteiger partial charge in [0.15, 0.2) is 0 Å². The smallest absolute Gasteiger partial charge is 0.132 e. The molecule has 0 aromatic carbocycles. The lowest BCUT2D eigenvalue weighted by Crippen LogP contribution is -2.46. The maximum atomic E-state index is 4.59. The van der Waals surface area contributed by atoms with Gasteiger partial charge in [-0.2, -0.15) is 0 Å². The zero-order valence-electron chi connectivity index (χ0n) is 10.9. The molecular formula is C14H21BrN2. The normalized spacial score (nSPS) is 29.4. The van der Waals surface area contributed by atoms with Crippen LogP contribution in [-0.4, -0.2) is 17.6 Å². The van der Waals surface area contributed by atoms with Gasteiger partial charge in [0.2, 0.25) is 0 Å². The van der Waals surface area contributed by atoms with Gasteiger partial charge in [-0.25, -0.2) is 4.98 Å². The molecule has 0 amide bonds. The molecule has 3 atom stereocenters. The number of hydrogen-bond acceptors (Lipinski definition) is 2. The van der Waals surface area contributed by atoms with Gasteiger partial charge in [0.1, 0.15) is 5.82 Å². The Hall–Kier alpha value is -0.570. The summed E-state index contributed by atoms with van der Waals surface area (Å²) in [5.74, 6) is 2.66. The molecule has 1 aliphatic heterocycles. The molecule has 0 radical (unpaired) electrons. The van der Waals surface area contributed by atoms with E-state index in [1.165, 1.54) is 12.0 Å². The summed E-state index contributed by atoms with van der Waals surface area (Å²) in [6.07, 6.45) is 3.23. The largest absolute Gasteiger partial charge is 0.353 e. The number of nitrogens with zero attached hydrogens (tertiary/aromatic N) is 2. The van der Waals surface area contributed by atoms with Crippen molar-refractivity contribution in [3.8, 4) is 0 Å². The van der Waals surface area contributed by atoms with Gasteiger partial charge in [-0.15, -0.1) is 0 Å². The summed E-state index contributed by atoms with van der Waals surface area (Å²) in [7, 11) is 0. The minimum atomic E-state index is 0.582. The lowest BCUT2D eigenvalue weighted by molar-refractivity contribution is 0.295. The number of aromatic nitrogens is 1. The first-order chi connectivity index (χ1) is 8.13. The van der Waals surface area contributed by atoms with Crippen molar-refractivity contribution in [1.82, 2.24) is 4.98 Å². The number of piperidine rings is 1. The van der Waals surface area contributed by atoms with Crippen LogP contribution in [0.3, 0.4) is 0 Å². The molecule has 0 aliphatic carbocycles. The first-order valence-corrected chi connectivity index (χ1v) is 7.52. The Balaban J connectivity index is 2.31. The average Bonchev–Trinajstić information content (AvgIpc) is 2.33. The zero-order chi connectivity index (χ0) is 12.4. The molecule has 2 rings (SSSR count). The topological polar surface area (TPSA) is 16.1 Å². The number of halogens is 1. The Labute approximate surface area is 113 Å². The number of anilines is 1. The van der Waals surface area contributed by atoms with E-state index >= 15 is 0 Å². The van der Waals surface area contributed by atoms with Crippen molar-refractivity contribution in [2.24, 2.45) is 11.8 Å². The van der Waals surface area contributed by atoms with Crippen LogP contribution in [0.25, 0.3) is 0 Å². The van der Waals surface area contributed by atoms with E-state index in [9.17, 15) is 0 Å². The standard InChI is InChI=1S/C14H21BrN2/c1-10-7-11(2)12(3)17(9-10)14-13(8-15)5-4-6-16-14/h4-6,10-12H,7-9H2,1-3H3. The molecule has 0 N–H and O–H groups in total. The van der Waals surface area contributed by atoms with Crippen molar-refractivity contribution >= 4 is 21.7 Å². The third kappa shape index (κ3) is 2.65. The maximum absolute atomic E-state index is 4.59. The fourth-order valence-corrected chi connectivity index (χ4v) is 3.23. The third-order valence-corrected chi connectivity index (χ3v) is 4.49. The van der Waals surface area contributed by atoms with Crippen molar-refractivity contribution < 1.29 is 0 Å². The summed E-state index contributed by atoms with van der Waals surface area (Å²) in [4.78, 5) is 7.07. The summed E-state index contributed by atoms with van der Waals surface area (Å²) >= 11 is 3.56. The Morgan fingerprint density at radius 3 is 2.88 bits per heavy atom. The van der Waals surface area contributed by atoms with Crippen LogP contribution >= 0.6 is 15.9 Å². The van der Waals surface area contributed by atoms with E-state index in [4.69, 9.17) is 0 Å². The fourth-order valence-electron chi connectivity index (χ4n) is 2.79. The van der Waals surface area contributed by atoms with E-state index in [0.717, 1.165) is 29.5 Å². The number of alkyl halides is 1. The highest BCUT2D eigenvalue weighted by Gasteiger charge is 2.30. The molecule has 3 heteroatoms. The average molecular weight is 297 g/mol. The molecule has 1 aliphatic rings. The predicted molar refractivity (Wildman–Crippen MR) is 76.6 cm³/mol. The molecule has 3 unspecified atom stereocenters. The van der Waals surface area contributed by atoms with Crippen LogP contribution in [0.4, 0.5) is 5.82 Å². The summed E-state index contributed by atoms with van der Waals surface area (Å²) < 4.78 is 0. The second-order valence-corrected chi connectivity index (χ2v) is 5.89. The monoisotopic (exact) mass is 296 g/mol. The van der Waals surface area contributed by atoms with E-state index < -0.39 is 0 Å². The molecule has 2 nitrogen and oxygen atoms in total. The Morgan fingerprint density at radius 1 is 1.41 bits per heavy atom. The SMILES string of the molecule is CC1CC(C)C(C)N(c2ncccc2CBr)C1. The summed E-state index contributed by atoms with van der Waals surface area (Å²) in [6, 6.07) is 4.76. The highest BCUT2D eigenvalue weighted by molar-refractivity contribution is 9.08. The minimum Gasteiger partial charge on any atom is -0.353 e. The Kier molecular flexibility index (Phi) is 4.08. The van der Waals surface area contributed by atoms with Gasteiger partial charge in [0.05, 0.1) is 0 Å². The quantitative estimate of drug-likeness (QED) is 0.771. The molecule has 1 fully saturated rings. The third-order valence-electron chi connectivity index (χ3n) is 3.88. The van der Waals surface area contributed by atoms with E-state index in [-0.39, 0.29) is 0 Å². The fraction of sp³-hybridized carbons (Fsp3) is 0.643. The van der Waals surface area contributed by atoms with Crippen LogP contribution in [0.2, 0.25) is 0 Å². The maximum Gasteiger partial charge on any atom is 0.132 e. The summed E-state index contributed by atoms with van der Waals surface area (Å²) in [5.41, 5.74) is 1.29. The van der Waals surface area contributed by atoms with Crippen LogP contribution < -0.4 is 4.90 Å². The van der Waals surface area contributed by atoms with Crippen LogP contribution in [0.1, 0.15) is 32.8 Å².